The zero-order chi connectivity index (χ0) is 12.8. The van der Waals surface area contributed by atoms with Gasteiger partial charge in [-0.1, -0.05) is 6.92 Å². The van der Waals surface area contributed by atoms with Gasteiger partial charge in [-0.15, -0.1) is 0 Å². The molecule has 0 aromatic heterocycles. The van der Waals surface area contributed by atoms with Gasteiger partial charge >= 0.3 is 0 Å². The minimum absolute atomic E-state index is 0.0797. The predicted octanol–water partition coefficient (Wildman–Crippen LogP) is 1.20. The monoisotopic (exact) mass is 240 g/mol. The molecule has 1 aliphatic rings. The minimum atomic E-state index is -0.122. The van der Waals surface area contributed by atoms with Crippen LogP contribution < -0.4 is 5.32 Å². The van der Waals surface area contributed by atoms with Crippen LogP contribution in [0.25, 0.3) is 0 Å². The van der Waals surface area contributed by atoms with Crippen LogP contribution in [-0.4, -0.2) is 42.3 Å². The quantitative estimate of drug-likeness (QED) is 0.785. The van der Waals surface area contributed by atoms with E-state index >= 15 is 0 Å². The highest BCUT2D eigenvalue weighted by Crippen LogP contribution is 2.19. The lowest BCUT2D eigenvalue weighted by atomic mass is 9.93. The van der Waals surface area contributed by atoms with Crippen molar-refractivity contribution >= 4 is 11.7 Å². The first-order valence-electron chi connectivity index (χ1n) is 6.58. The van der Waals surface area contributed by atoms with Gasteiger partial charge in [-0.25, -0.2) is 0 Å². The van der Waals surface area contributed by atoms with Crippen molar-refractivity contribution in [3.8, 4) is 0 Å². The van der Waals surface area contributed by atoms with Gasteiger partial charge < -0.3 is 5.32 Å². The maximum absolute atomic E-state index is 11.8. The average molecular weight is 240 g/mol. The Hall–Kier alpha value is -0.900. The molecule has 1 amide bonds. The second-order valence-corrected chi connectivity index (χ2v) is 4.91. The number of rotatable bonds is 5. The van der Waals surface area contributed by atoms with E-state index in [1.165, 1.54) is 0 Å². The second kappa shape index (κ2) is 6.74. The maximum atomic E-state index is 11.8. The lowest BCUT2D eigenvalue weighted by Crippen LogP contribution is -2.50. The number of carbonyl (C=O) groups excluding carboxylic acids is 2. The van der Waals surface area contributed by atoms with Crippen molar-refractivity contribution in [3.05, 3.63) is 0 Å². The second-order valence-electron chi connectivity index (χ2n) is 4.91. The molecule has 4 heteroatoms. The SMILES string of the molecule is CCCNC(=O)C(C)N1CCCC(C(C)=O)C1. The number of likely N-dealkylation sites (tertiary alicyclic amines) is 1. The molecule has 4 nitrogen and oxygen atoms in total. The Morgan fingerprint density at radius 1 is 1.47 bits per heavy atom. The van der Waals surface area contributed by atoms with Gasteiger partial charge in [-0.05, 0) is 39.7 Å². The highest BCUT2D eigenvalue weighted by Gasteiger charge is 2.28. The lowest BCUT2D eigenvalue weighted by molar-refractivity contribution is -0.129. The zero-order valence-corrected chi connectivity index (χ0v) is 11.2. The van der Waals surface area contributed by atoms with Crippen LogP contribution in [0.15, 0.2) is 0 Å². The molecule has 0 aromatic carbocycles. The Morgan fingerprint density at radius 2 is 2.18 bits per heavy atom. The van der Waals surface area contributed by atoms with Crippen LogP contribution in [0, 0.1) is 5.92 Å². The third-order valence-electron chi connectivity index (χ3n) is 3.50. The molecule has 2 unspecified atom stereocenters. The summed E-state index contributed by atoms with van der Waals surface area (Å²) in [5.74, 6) is 0.442. The molecular weight excluding hydrogens is 216 g/mol. The third-order valence-corrected chi connectivity index (χ3v) is 3.50. The van der Waals surface area contributed by atoms with Crippen molar-refractivity contribution in [2.24, 2.45) is 5.92 Å². The molecule has 0 spiro atoms. The van der Waals surface area contributed by atoms with Crippen LogP contribution in [0.4, 0.5) is 0 Å². The van der Waals surface area contributed by atoms with Gasteiger partial charge in [0, 0.05) is 19.0 Å². The van der Waals surface area contributed by atoms with Gasteiger partial charge in [0.2, 0.25) is 5.91 Å². The van der Waals surface area contributed by atoms with Gasteiger partial charge in [0.25, 0.3) is 0 Å². The fourth-order valence-corrected chi connectivity index (χ4v) is 2.25. The van der Waals surface area contributed by atoms with Crippen LogP contribution in [0.3, 0.4) is 0 Å². The Bertz CT molecular complexity index is 279. The van der Waals surface area contributed by atoms with Crippen LogP contribution in [0.5, 0.6) is 0 Å². The number of hydrogen-bond acceptors (Lipinski definition) is 3. The molecular formula is C13H24N2O2. The van der Waals surface area contributed by atoms with Crippen LogP contribution in [-0.2, 0) is 9.59 Å². The molecule has 0 bridgehead atoms. The van der Waals surface area contributed by atoms with E-state index < -0.39 is 0 Å². The Morgan fingerprint density at radius 3 is 2.76 bits per heavy atom. The van der Waals surface area contributed by atoms with E-state index in [9.17, 15) is 9.59 Å². The highest BCUT2D eigenvalue weighted by atomic mass is 16.2. The topological polar surface area (TPSA) is 49.4 Å². The molecule has 0 aromatic rings. The minimum Gasteiger partial charge on any atom is -0.355 e. The van der Waals surface area contributed by atoms with E-state index in [2.05, 4.69) is 10.2 Å². The van der Waals surface area contributed by atoms with Gasteiger partial charge in [-0.3, -0.25) is 14.5 Å². The standard InChI is InChI=1S/C13H24N2O2/c1-4-7-14-13(17)10(2)15-8-5-6-12(9-15)11(3)16/h10,12H,4-9H2,1-3H3,(H,14,17). The molecule has 1 heterocycles. The largest absolute Gasteiger partial charge is 0.355 e. The molecule has 0 saturated carbocycles. The Labute approximate surface area is 104 Å². The molecule has 1 saturated heterocycles. The van der Waals surface area contributed by atoms with Crippen molar-refractivity contribution in [2.75, 3.05) is 19.6 Å². The number of piperidine rings is 1. The molecule has 0 radical (unpaired) electrons. The van der Waals surface area contributed by atoms with Crippen molar-refractivity contribution in [2.45, 2.75) is 46.1 Å². The van der Waals surface area contributed by atoms with Crippen molar-refractivity contribution < 1.29 is 9.59 Å². The van der Waals surface area contributed by atoms with Crippen molar-refractivity contribution in [1.82, 2.24) is 10.2 Å². The summed E-state index contributed by atoms with van der Waals surface area (Å²) in [5.41, 5.74) is 0. The van der Waals surface area contributed by atoms with E-state index in [-0.39, 0.29) is 23.7 Å². The number of Topliss-reactive ketones (excluding diaryl/α,β-unsaturated/α-hetero) is 1. The molecule has 0 aliphatic carbocycles. The number of ketones is 1. The normalized spacial score (nSPS) is 23.1. The number of carbonyl (C=O) groups is 2. The van der Waals surface area contributed by atoms with E-state index in [1.54, 1.807) is 6.92 Å². The maximum Gasteiger partial charge on any atom is 0.237 e. The van der Waals surface area contributed by atoms with Crippen molar-refractivity contribution in [1.29, 1.82) is 0 Å². The molecule has 1 rings (SSSR count). The smallest absolute Gasteiger partial charge is 0.237 e. The Balaban J connectivity index is 2.48. The molecule has 1 aliphatic heterocycles. The van der Waals surface area contributed by atoms with Gasteiger partial charge in [0.05, 0.1) is 6.04 Å². The van der Waals surface area contributed by atoms with Crippen LogP contribution in [0.2, 0.25) is 0 Å². The van der Waals surface area contributed by atoms with Gasteiger partial charge in [0.1, 0.15) is 5.78 Å². The summed E-state index contributed by atoms with van der Waals surface area (Å²) in [5, 5.41) is 2.91. The van der Waals surface area contributed by atoms with Gasteiger partial charge in [-0.2, -0.15) is 0 Å². The summed E-state index contributed by atoms with van der Waals surface area (Å²) in [6.45, 7) is 7.99. The number of nitrogens with zero attached hydrogens (tertiary/aromatic N) is 1. The molecule has 17 heavy (non-hydrogen) atoms. The summed E-state index contributed by atoms with van der Waals surface area (Å²) in [7, 11) is 0. The van der Waals surface area contributed by atoms with E-state index in [0.29, 0.717) is 0 Å². The Kier molecular flexibility index (Phi) is 5.62. The van der Waals surface area contributed by atoms with Crippen LogP contribution >= 0.6 is 0 Å². The summed E-state index contributed by atoms with van der Waals surface area (Å²) >= 11 is 0. The molecule has 2 atom stereocenters. The first-order valence-corrected chi connectivity index (χ1v) is 6.58. The summed E-state index contributed by atoms with van der Waals surface area (Å²) < 4.78 is 0. The molecule has 1 N–H and O–H groups in total. The zero-order valence-electron chi connectivity index (χ0n) is 11.2. The lowest BCUT2D eigenvalue weighted by Gasteiger charge is -2.35. The highest BCUT2D eigenvalue weighted by molar-refractivity contribution is 5.82. The fraction of sp³-hybridized carbons (Fsp3) is 0.846. The summed E-state index contributed by atoms with van der Waals surface area (Å²) in [6.07, 6.45) is 2.93. The summed E-state index contributed by atoms with van der Waals surface area (Å²) in [6, 6.07) is -0.122. The molecule has 98 valence electrons. The first kappa shape index (κ1) is 14.2. The number of nitrogens with one attached hydrogen (secondary N) is 1. The van der Waals surface area contributed by atoms with E-state index in [1.807, 2.05) is 13.8 Å². The van der Waals surface area contributed by atoms with E-state index in [4.69, 9.17) is 0 Å². The van der Waals surface area contributed by atoms with E-state index in [0.717, 1.165) is 38.9 Å². The third kappa shape index (κ3) is 4.11. The predicted molar refractivity (Wildman–Crippen MR) is 67.7 cm³/mol. The number of hydrogen-bond donors (Lipinski definition) is 1. The first-order chi connectivity index (χ1) is 8.06. The van der Waals surface area contributed by atoms with Crippen molar-refractivity contribution in [3.63, 3.8) is 0 Å². The molecule has 1 fully saturated rings. The average Bonchev–Trinajstić information content (AvgIpc) is 2.35. The fourth-order valence-electron chi connectivity index (χ4n) is 2.25. The van der Waals surface area contributed by atoms with Crippen LogP contribution in [0.1, 0.15) is 40.0 Å². The number of amides is 1. The van der Waals surface area contributed by atoms with Gasteiger partial charge in [0.15, 0.2) is 0 Å². The summed E-state index contributed by atoms with van der Waals surface area (Å²) in [4.78, 5) is 25.3.